The molecule has 8 nitrogen and oxygen atoms in total. The van der Waals surface area contributed by atoms with Gasteiger partial charge < -0.3 is 21.3 Å². The summed E-state index contributed by atoms with van der Waals surface area (Å²) in [4.78, 5) is 25.3. The molecule has 3 aromatic carbocycles. The van der Waals surface area contributed by atoms with E-state index in [2.05, 4.69) is 36.2 Å². The van der Waals surface area contributed by atoms with E-state index in [4.69, 9.17) is 0 Å². The molecule has 1 aromatic heterocycles. The van der Waals surface area contributed by atoms with Gasteiger partial charge in [-0.25, -0.2) is 8.78 Å². The SMILES string of the molecule is CC(Nc1nc(Nc2ccccc2F)nc(Nc2ccccc2F)n1)C(=O)NCc1ccccc1. The average Bonchev–Trinajstić information content (AvgIpc) is 2.86. The predicted octanol–water partition coefficient (Wildman–Crippen LogP) is 4.75. The van der Waals surface area contributed by atoms with Gasteiger partial charge in [-0.15, -0.1) is 0 Å². The summed E-state index contributed by atoms with van der Waals surface area (Å²) in [5.74, 6) is -1.23. The second-order valence-corrected chi connectivity index (χ2v) is 7.59. The lowest BCUT2D eigenvalue weighted by atomic mass is 10.2. The molecule has 178 valence electrons. The summed E-state index contributed by atoms with van der Waals surface area (Å²) >= 11 is 0. The highest BCUT2D eigenvalue weighted by atomic mass is 19.1. The summed E-state index contributed by atoms with van der Waals surface area (Å²) in [7, 11) is 0. The second kappa shape index (κ2) is 11.0. The summed E-state index contributed by atoms with van der Waals surface area (Å²) in [5, 5.41) is 11.3. The van der Waals surface area contributed by atoms with E-state index < -0.39 is 17.7 Å². The fourth-order valence-corrected chi connectivity index (χ4v) is 3.12. The van der Waals surface area contributed by atoms with Crippen molar-refractivity contribution in [3.63, 3.8) is 0 Å². The highest BCUT2D eigenvalue weighted by Gasteiger charge is 2.16. The standard InChI is InChI=1S/C25H23F2N7O/c1-16(22(35)28-15-17-9-3-2-4-10-17)29-23-32-24(30-20-13-7-5-11-18(20)26)34-25(33-23)31-21-14-8-6-12-19(21)27/h2-14,16H,15H2,1H3,(H,28,35)(H3,29,30,31,32,33,34). The van der Waals surface area contributed by atoms with Crippen molar-refractivity contribution in [1.29, 1.82) is 0 Å². The minimum atomic E-state index is -0.705. The highest BCUT2D eigenvalue weighted by molar-refractivity contribution is 5.83. The van der Waals surface area contributed by atoms with Gasteiger partial charge >= 0.3 is 0 Å². The maximum atomic E-state index is 14.1. The van der Waals surface area contributed by atoms with Crippen LogP contribution in [0.2, 0.25) is 0 Å². The molecular weight excluding hydrogens is 452 g/mol. The van der Waals surface area contributed by atoms with Gasteiger partial charge in [-0.1, -0.05) is 54.6 Å². The molecule has 0 radical (unpaired) electrons. The van der Waals surface area contributed by atoms with Crippen molar-refractivity contribution in [2.24, 2.45) is 0 Å². The summed E-state index contributed by atoms with van der Waals surface area (Å²) in [6, 6.07) is 20.9. The number of amides is 1. The number of aromatic nitrogens is 3. The molecule has 4 aromatic rings. The number of carbonyl (C=O) groups is 1. The number of hydrogen-bond acceptors (Lipinski definition) is 7. The van der Waals surface area contributed by atoms with Gasteiger partial charge in [0.05, 0.1) is 11.4 Å². The summed E-state index contributed by atoms with van der Waals surface area (Å²) in [6.45, 7) is 2.02. The van der Waals surface area contributed by atoms with Gasteiger partial charge in [0.1, 0.15) is 17.7 Å². The number of hydrogen-bond donors (Lipinski definition) is 4. The Morgan fingerprint density at radius 1 is 0.743 bits per heavy atom. The van der Waals surface area contributed by atoms with E-state index in [0.29, 0.717) is 6.54 Å². The third-order valence-electron chi connectivity index (χ3n) is 4.92. The number of nitrogens with one attached hydrogen (secondary N) is 4. The number of nitrogens with zero attached hydrogens (tertiary/aromatic N) is 3. The summed E-state index contributed by atoms with van der Waals surface area (Å²) < 4.78 is 28.3. The van der Waals surface area contributed by atoms with E-state index in [1.807, 2.05) is 30.3 Å². The average molecular weight is 476 g/mol. The van der Waals surface area contributed by atoms with Crippen molar-refractivity contribution in [2.45, 2.75) is 19.5 Å². The smallest absolute Gasteiger partial charge is 0.242 e. The van der Waals surface area contributed by atoms with Crippen LogP contribution in [0.25, 0.3) is 0 Å². The topological polar surface area (TPSA) is 104 Å². The van der Waals surface area contributed by atoms with Crippen LogP contribution in [-0.4, -0.2) is 26.9 Å². The molecule has 0 saturated heterocycles. The number of anilines is 5. The highest BCUT2D eigenvalue weighted by Crippen LogP contribution is 2.22. The Morgan fingerprint density at radius 2 is 1.23 bits per heavy atom. The minimum absolute atomic E-state index is 0.00309. The monoisotopic (exact) mass is 475 g/mol. The minimum Gasteiger partial charge on any atom is -0.350 e. The molecule has 0 saturated carbocycles. The molecule has 4 N–H and O–H groups in total. The molecule has 1 atom stereocenters. The molecule has 10 heteroatoms. The van der Waals surface area contributed by atoms with Crippen molar-refractivity contribution in [3.8, 4) is 0 Å². The number of halogens is 2. The fourth-order valence-electron chi connectivity index (χ4n) is 3.12. The van der Waals surface area contributed by atoms with Crippen molar-refractivity contribution in [2.75, 3.05) is 16.0 Å². The lowest BCUT2D eigenvalue weighted by Gasteiger charge is -2.16. The Kier molecular flexibility index (Phi) is 7.41. The third-order valence-corrected chi connectivity index (χ3v) is 4.92. The number of benzene rings is 3. The molecule has 0 spiro atoms. The van der Waals surface area contributed by atoms with Crippen LogP contribution in [0.1, 0.15) is 12.5 Å². The quantitative estimate of drug-likeness (QED) is 0.277. The third kappa shape index (κ3) is 6.47. The lowest BCUT2D eigenvalue weighted by Crippen LogP contribution is -2.37. The van der Waals surface area contributed by atoms with Gasteiger partial charge in [-0.2, -0.15) is 15.0 Å². The fraction of sp³-hybridized carbons (Fsp3) is 0.120. The maximum Gasteiger partial charge on any atom is 0.242 e. The van der Waals surface area contributed by atoms with Gasteiger partial charge in [-0.3, -0.25) is 4.79 Å². The Morgan fingerprint density at radius 3 is 1.77 bits per heavy atom. The van der Waals surface area contributed by atoms with E-state index in [-0.39, 0.29) is 35.1 Å². The lowest BCUT2D eigenvalue weighted by molar-refractivity contribution is -0.121. The van der Waals surface area contributed by atoms with Gasteiger partial charge in [0, 0.05) is 6.54 Å². The van der Waals surface area contributed by atoms with Crippen molar-refractivity contribution in [3.05, 3.63) is 96.1 Å². The van der Waals surface area contributed by atoms with Gasteiger partial charge in [0.25, 0.3) is 0 Å². The zero-order chi connectivity index (χ0) is 24.6. The number of carbonyl (C=O) groups excluding carboxylic acids is 1. The Hall–Kier alpha value is -4.60. The van der Waals surface area contributed by atoms with Gasteiger partial charge in [0.15, 0.2) is 0 Å². The Balaban J connectivity index is 1.54. The van der Waals surface area contributed by atoms with E-state index >= 15 is 0 Å². The van der Waals surface area contributed by atoms with Crippen LogP contribution >= 0.6 is 0 Å². The number of rotatable bonds is 9. The molecule has 0 bridgehead atoms. The first-order chi connectivity index (χ1) is 17.0. The Labute approximate surface area is 200 Å². The van der Waals surface area contributed by atoms with Crippen LogP contribution in [-0.2, 0) is 11.3 Å². The predicted molar refractivity (Wildman–Crippen MR) is 131 cm³/mol. The molecule has 0 aliphatic rings. The molecule has 4 rings (SSSR count). The van der Waals surface area contributed by atoms with Crippen LogP contribution in [0.4, 0.5) is 38.0 Å². The van der Waals surface area contributed by atoms with Gasteiger partial charge in [0.2, 0.25) is 23.8 Å². The van der Waals surface area contributed by atoms with Crippen molar-refractivity contribution >= 4 is 35.1 Å². The van der Waals surface area contributed by atoms with E-state index in [1.165, 1.54) is 24.3 Å². The van der Waals surface area contributed by atoms with Crippen LogP contribution < -0.4 is 21.3 Å². The molecule has 1 unspecified atom stereocenters. The zero-order valence-electron chi connectivity index (χ0n) is 18.8. The molecule has 0 fully saturated rings. The van der Waals surface area contributed by atoms with Gasteiger partial charge in [-0.05, 0) is 36.8 Å². The first-order valence-corrected chi connectivity index (χ1v) is 10.9. The maximum absolute atomic E-state index is 14.1. The first kappa shape index (κ1) is 23.6. The van der Waals surface area contributed by atoms with Crippen molar-refractivity contribution < 1.29 is 13.6 Å². The molecule has 35 heavy (non-hydrogen) atoms. The molecular formula is C25H23F2N7O. The van der Waals surface area contributed by atoms with E-state index in [9.17, 15) is 13.6 Å². The van der Waals surface area contributed by atoms with Crippen LogP contribution in [0, 0.1) is 11.6 Å². The van der Waals surface area contributed by atoms with Crippen LogP contribution in [0.15, 0.2) is 78.9 Å². The molecule has 0 aliphatic heterocycles. The molecule has 1 heterocycles. The normalized spacial score (nSPS) is 11.4. The molecule has 0 aliphatic carbocycles. The van der Waals surface area contributed by atoms with E-state index in [0.717, 1.165) is 5.56 Å². The number of para-hydroxylation sites is 2. The molecule has 1 amide bonds. The summed E-state index contributed by atoms with van der Waals surface area (Å²) in [5.41, 5.74) is 1.26. The summed E-state index contributed by atoms with van der Waals surface area (Å²) in [6.07, 6.45) is 0. The second-order valence-electron chi connectivity index (χ2n) is 7.59. The van der Waals surface area contributed by atoms with Crippen molar-refractivity contribution in [1.82, 2.24) is 20.3 Å². The first-order valence-electron chi connectivity index (χ1n) is 10.9. The van der Waals surface area contributed by atoms with Crippen LogP contribution in [0.5, 0.6) is 0 Å². The largest absolute Gasteiger partial charge is 0.350 e. The Bertz CT molecular complexity index is 1240. The van der Waals surface area contributed by atoms with Crippen LogP contribution in [0.3, 0.4) is 0 Å². The van der Waals surface area contributed by atoms with E-state index in [1.54, 1.807) is 31.2 Å². The zero-order valence-corrected chi connectivity index (χ0v) is 18.8.